The monoisotopic (exact) mass is 328 g/mol. The standard InChI is InChI=1S/C15H13BrN4/c1-10-12(6-14(8-18)20(10)2)9-19-15-4-3-13(16)5-11(15)7-17/h3-6,19H,9H2,1-2H3. The zero-order valence-electron chi connectivity index (χ0n) is 11.2. The van der Waals surface area contributed by atoms with Crippen molar-refractivity contribution in [2.45, 2.75) is 13.5 Å². The fourth-order valence-electron chi connectivity index (χ4n) is 2.00. The molecule has 0 spiro atoms. The summed E-state index contributed by atoms with van der Waals surface area (Å²) in [4.78, 5) is 0. The molecule has 1 aromatic heterocycles. The van der Waals surface area contributed by atoms with Crippen LogP contribution in [0.15, 0.2) is 28.7 Å². The zero-order chi connectivity index (χ0) is 14.7. The normalized spacial score (nSPS) is 9.85. The summed E-state index contributed by atoms with van der Waals surface area (Å²) < 4.78 is 2.74. The highest BCUT2D eigenvalue weighted by molar-refractivity contribution is 9.10. The number of hydrogen-bond acceptors (Lipinski definition) is 3. The largest absolute Gasteiger partial charge is 0.380 e. The minimum atomic E-state index is 0.581. The number of benzene rings is 1. The number of aromatic nitrogens is 1. The molecule has 0 unspecified atom stereocenters. The van der Waals surface area contributed by atoms with Crippen LogP contribution in [0.4, 0.5) is 5.69 Å². The minimum Gasteiger partial charge on any atom is -0.380 e. The van der Waals surface area contributed by atoms with Crippen LogP contribution in [0.25, 0.3) is 0 Å². The molecule has 0 saturated heterocycles. The van der Waals surface area contributed by atoms with E-state index in [1.165, 1.54) is 0 Å². The number of rotatable bonds is 3. The maximum Gasteiger partial charge on any atom is 0.120 e. The van der Waals surface area contributed by atoms with Gasteiger partial charge >= 0.3 is 0 Å². The van der Waals surface area contributed by atoms with Gasteiger partial charge in [-0.05, 0) is 36.8 Å². The molecule has 0 aliphatic carbocycles. The van der Waals surface area contributed by atoms with Crippen molar-refractivity contribution in [3.8, 4) is 12.1 Å². The lowest BCUT2D eigenvalue weighted by Gasteiger charge is -2.08. The molecule has 2 aromatic rings. The fraction of sp³-hybridized carbons (Fsp3) is 0.200. The molecular formula is C15H13BrN4. The van der Waals surface area contributed by atoms with Crippen LogP contribution >= 0.6 is 15.9 Å². The minimum absolute atomic E-state index is 0.581. The molecule has 0 radical (unpaired) electrons. The van der Waals surface area contributed by atoms with E-state index in [1.807, 2.05) is 36.7 Å². The number of halogens is 1. The molecule has 0 atom stereocenters. The Morgan fingerprint density at radius 1 is 1.25 bits per heavy atom. The molecule has 20 heavy (non-hydrogen) atoms. The predicted molar refractivity (Wildman–Crippen MR) is 81.0 cm³/mol. The van der Waals surface area contributed by atoms with Gasteiger partial charge in [-0.15, -0.1) is 0 Å². The van der Waals surface area contributed by atoms with Crippen molar-refractivity contribution < 1.29 is 0 Å². The van der Waals surface area contributed by atoms with Gasteiger partial charge in [-0.1, -0.05) is 15.9 Å². The van der Waals surface area contributed by atoms with Crippen molar-refractivity contribution in [1.29, 1.82) is 10.5 Å². The summed E-state index contributed by atoms with van der Waals surface area (Å²) in [5, 5.41) is 21.4. The summed E-state index contributed by atoms with van der Waals surface area (Å²) in [6, 6.07) is 11.7. The van der Waals surface area contributed by atoms with Gasteiger partial charge in [0.1, 0.15) is 17.8 Å². The van der Waals surface area contributed by atoms with Gasteiger partial charge in [-0.25, -0.2) is 0 Å². The van der Waals surface area contributed by atoms with Gasteiger partial charge in [-0.3, -0.25) is 0 Å². The molecule has 0 bridgehead atoms. The topological polar surface area (TPSA) is 64.5 Å². The first-order chi connectivity index (χ1) is 9.56. The van der Waals surface area contributed by atoms with Crippen molar-refractivity contribution in [3.63, 3.8) is 0 Å². The van der Waals surface area contributed by atoms with Crippen molar-refractivity contribution >= 4 is 21.6 Å². The van der Waals surface area contributed by atoms with Crippen LogP contribution in [0, 0.1) is 29.6 Å². The van der Waals surface area contributed by atoms with Gasteiger partial charge in [0.25, 0.3) is 0 Å². The average Bonchev–Trinajstić information content (AvgIpc) is 2.73. The van der Waals surface area contributed by atoms with Crippen molar-refractivity contribution in [1.82, 2.24) is 4.57 Å². The Balaban J connectivity index is 2.22. The summed E-state index contributed by atoms with van der Waals surface area (Å²) in [7, 11) is 1.87. The molecule has 4 nitrogen and oxygen atoms in total. The summed E-state index contributed by atoms with van der Waals surface area (Å²) >= 11 is 3.35. The number of nitriles is 2. The van der Waals surface area contributed by atoms with Gasteiger partial charge in [0.05, 0.1) is 11.3 Å². The highest BCUT2D eigenvalue weighted by atomic mass is 79.9. The third-order valence-electron chi connectivity index (χ3n) is 3.33. The Morgan fingerprint density at radius 3 is 2.60 bits per heavy atom. The van der Waals surface area contributed by atoms with Crippen LogP contribution in [-0.4, -0.2) is 4.57 Å². The van der Waals surface area contributed by atoms with E-state index in [1.54, 1.807) is 6.07 Å². The molecule has 1 N–H and O–H groups in total. The molecule has 100 valence electrons. The first-order valence-electron chi connectivity index (χ1n) is 6.05. The number of anilines is 1. The Hall–Kier alpha value is -2.24. The summed E-state index contributed by atoms with van der Waals surface area (Å²) in [5.74, 6) is 0. The lowest BCUT2D eigenvalue weighted by atomic mass is 10.2. The van der Waals surface area contributed by atoms with Crippen LogP contribution in [0.3, 0.4) is 0 Å². The number of nitrogens with one attached hydrogen (secondary N) is 1. The number of hydrogen-bond donors (Lipinski definition) is 1. The molecule has 0 fully saturated rings. The van der Waals surface area contributed by atoms with E-state index in [0.29, 0.717) is 17.8 Å². The molecule has 0 saturated carbocycles. The third kappa shape index (κ3) is 2.68. The van der Waals surface area contributed by atoms with Gasteiger partial charge in [0.15, 0.2) is 0 Å². The van der Waals surface area contributed by atoms with E-state index >= 15 is 0 Å². The quantitative estimate of drug-likeness (QED) is 0.938. The molecule has 0 amide bonds. The Labute approximate surface area is 126 Å². The Bertz CT molecular complexity index is 732. The van der Waals surface area contributed by atoms with E-state index in [-0.39, 0.29) is 0 Å². The lowest BCUT2D eigenvalue weighted by Crippen LogP contribution is -2.03. The predicted octanol–water partition coefficient (Wildman–Crippen LogP) is 3.45. The SMILES string of the molecule is Cc1c(CNc2ccc(Br)cc2C#N)cc(C#N)n1C. The second-order valence-corrected chi connectivity index (χ2v) is 5.38. The van der Waals surface area contributed by atoms with Gasteiger partial charge < -0.3 is 9.88 Å². The highest BCUT2D eigenvalue weighted by Gasteiger charge is 2.09. The molecule has 0 aliphatic heterocycles. The second-order valence-electron chi connectivity index (χ2n) is 4.47. The first kappa shape index (κ1) is 14.2. The second kappa shape index (κ2) is 5.81. The molecule has 5 heteroatoms. The van der Waals surface area contributed by atoms with E-state index in [2.05, 4.69) is 33.4 Å². The van der Waals surface area contributed by atoms with Crippen molar-refractivity contribution in [2.75, 3.05) is 5.32 Å². The van der Waals surface area contributed by atoms with Crippen molar-refractivity contribution in [2.24, 2.45) is 7.05 Å². The van der Waals surface area contributed by atoms with E-state index in [9.17, 15) is 0 Å². The van der Waals surface area contributed by atoms with Crippen LogP contribution in [0.5, 0.6) is 0 Å². The molecular weight excluding hydrogens is 316 g/mol. The maximum absolute atomic E-state index is 9.12. The summed E-state index contributed by atoms with van der Waals surface area (Å²) in [6.07, 6.45) is 0. The fourth-order valence-corrected chi connectivity index (χ4v) is 2.36. The zero-order valence-corrected chi connectivity index (χ0v) is 12.8. The lowest BCUT2D eigenvalue weighted by molar-refractivity contribution is 0.856. The highest BCUT2D eigenvalue weighted by Crippen LogP contribution is 2.22. The van der Waals surface area contributed by atoms with Gasteiger partial charge in [0, 0.05) is 23.8 Å². The molecule has 1 heterocycles. The number of nitrogens with zero attached hydrogens (tertiary/aromatic N) is 3. The van der Waals surface area contributed by atoms with E-state index in [4.69, 9.17) is 10.5 Å². The molecule has 1 aromatic carbocycles. The Morgan fingerprint density at radius 2 is 2.00 bits per heavy atom. The van der Waals surface area contributed by atoms with E-state index < -0.39 is 0 Å². The summed E-state index contributed by atoms with van der Waals surface area (Å²) in [5.41, 5.74) is 4.11. The third-order valence-corrected chi connectivity index (χ3v) is 3.82. The average molecular weight is 329 g/mol. The molecule has 2 rings (SSSR count). The first-order valence-corrected chi connectivity index (χ1v) is 6.85. The molecule has 0 aliphatic rings. The van der Waals surface area contributed by atoms with Gasteiger partial charge in [-0.2, -0.15) is 10.5 Å². The smallest absolute Gasteiger partial charge is 0.120 e. The Kier molecular flexibility index (Phi) is 4.12. The van der Waals surface area contributed by atoms with Crippen LogP contribution in [0.2, 0.25) is 0 Å². The summed E-state index contributed by atoms with van der Waals surface area (Å²) in [6.45, 7) is 2.56. The van der Waals surface area contributed by atoms with Crippen LogP contribution in [0.1, 0.15) is 22.5 Å². The van der Waals surface area contributed by atoms with Gasteiger partial charge in [0.2, 0.25) is 0 Å². The van der Waals surface area contributed by atoms with Crippen LogP contribution < -0.4 is 5.32 Å². The van der Waals surface area contributed by atoms with Crippen molar-refractivity contribution in [3.05, 3.63) is 51.3 Å². The maximum atomic E-state index is 9.12. The van der Waals surface area contributed by atoms with E-state index in [0.717, 1.165) is 21.4 Å². The van der Waals surface area contributed by atoms with Crippen LogP contribution in [-0.2, 0) is 13.6 Å².